The van der Waals surface area contributed by atoms with Gasteiger partial charge in [-0.2, -0.15) is 0 Å². The molecular weight excluding hydrogens is 260 g/mol. The minimum absolute atomic E-state index is 0.0522. The predicted molar refractivity (Wildman–Crippen MR) is 73.0 cm³/mol. The summed E-state index contributed by atoms with van der Waals surface area (Å²) in [5.41, 5.74) is 0.199. The number of hydrogen-bond acceptors (Lipinski definition) is 5. The van der Waals surface area contributed by atoms with Crippen LogP contribution in [0.2, 0.25) is 0 Å². The standard InChI is InChI=1S/C15H10O5/c1-19-15(18)8-4-2-6-10-12(8)14(17)13-9(16)5-3-7-11(13)20-10/h2-7,16H,1H3. The van der Waals surface area contributed by atoms with E-state index in [1.807, 2.05) is 0 Å². The molecule has 0 aliphatic heterocycles. The first kappa shape index (κ1) is 12.2. The molecule has 1 heterocycles. The monoisotopic (exact) mass is 270 g/mol. The number of ether oxygens (including phenoxy) is 1. The molecule has 5 nitrogen and oxygen atoms in total. The largest absolute Gasteiger partial charge is 0.507 e. The second-order valence-corrected chi connectivity index (χ2v) is 4.25. The van der Waals surface area contributed by atoms with E-state index in [0.717, 1.165) is 0 Å². The summed E-state index contributed by atoms with van der Waals surface area (Å²) in [4.78, 5) is 24.3. The lowest BCUT2D eigenvalue weighted by atomic mass is 10.1. The van der Waals surface area contributed by atoms with Gasteiger partial charge < -0.3 is 14.3 Å². The minimum atomic E-state index is -0.627. The summed E-state index contributed by atoms with van der Waals surface area (Å²) in [6.07, 6.45) is 0. The Morgan fingerprint density at radius 2 is 1.75 bits per heavy atom. The maximum absolute atomic E-state index is 12.5. The normalized spacial score (nSPS) is 10.8. The molecule has 3 rings (SSSR count). The van der Waals surface area contributed by atoms with E-state index in [1.165, 1.54) is 19.2 Å². The van der Waals surface area contributed by atoms with Crippen LogP contribution in [0.25, 0.3) is 21.9 Å². The van der Waals surface area contributed by atoms with E-state index in [2.05, 4.69) is 4.74 Å². The maximum Gasteiger partial charge on any atom is 0.338 e. The molecule has 0 aliphatic carbocycles. The Labute approximate surface area is 113 Å². The van der Waals surface area contributed by atoms with Gasteiger partial charge in [-0.25, -0.2) is 4.79 Å². The number of carbonyl (C=O) groups is 1. The topological polar surface area (TPSA) is 76.7 Å². The molecular formula is C15H10O5. The van der Waals surface area contributed by atoms with E-state index < -0.39 is 11.4 Å². The highest BCUT2D eigenvalue weighted by Gasteiger charge is 2.17. The summed E-state index contributed by atoms with van der Waals surface area (Å²) in [6, 6.07) is 9.23. The number of phenolic OH excluding ortho intramolecular Hbond substituents is 1. The molecule has 1 N–H and O–H groups in total. The third-order valence-electron chi connectivity index (χ3n) is 3.11. The quantitative estimate of drug-likeness (QED) is 0.543. The highest BCUT2D eigenvalue weighted by molar-refractivity contribution is 6.05. The molecule has 0 saturated carbocycles. The van der Waals surface area contributed by atoms with Crippen molar-refractivity contribution in [2.24, 2.45) is 0 Å². The van der Waals surface area contributed by atoms with Crippen molar-refractivity contribution in [3.05, 3.63) is 52.2 Å². The van der Waals surface area contributed by atoms with Gasteiger partial charge in [-0.3, -0.25) is 4.79 Å². The number of fused-ring (bicyclic) bond motifs is 2. The zero-order valence-corrected chi connectivity index (χ0v) is 10.5. The average molecular weight is 270 g/mol. The predicted octanol–water partition coefficient (Wildman–Crippen LogP) is 2.44. The number of methoxy groups -OCH3 is 1. The van der Waals surface area contributed by atoms with Gasteiger partial charge in [0.1, 0.15) is 22.3 Å². The summed E-state index contributed by atoms with van der Waals surface area (Å²) in [6.45, 7) is 0. The summed E-state index contributed by atoms with van der Waals surface area (Å²) in [5, 5.41) is 9.98. The summed E-state index contributed by atoms with van der Waals surface area (Å²) < 4.78 is 10.2. The van der Waals surface area contributed by atoms with Crippen LogP contribution in [0, 0.1) is 0 Å². The Kier molecular flexibility index (Phi) is 2.68. The number of esters is 1. The number of rotatable bonds is 1. The lowest BCUT2D eigenvalue weighted by Gasteiger charge is -2.06. The van der Waals surface area contributed by atoms with Crippen molar-refractivity contribution in [1.29, 1.82) is 0 Å². The van der Waals surface area contributed by atoms with Crippen molar-refractivity contribution < 1.29 is 19.1 Å². The van der Waals surface area contributed by atoms with E-state index in [9.17, 15) is 14.7 Å². The van der Waals surface area contributed by atoms with Crippen LogP contribution in [0.15, 0.2) is 45.6 Å². The second-order valence-electron chi connectivity index (χ2n) is 4.25. The fourth-order valence-corrected chi connectivity index (χ4v) is 2.21. The van der Waals surface area contributed by atoms with Gasteiger partial charge in [0, 0.05) is 0 Å². The van der Waals surface area contributed by atoms with Gasteiger partial charge in [0.15, 0.2) is 0 Å². The first-order chi connectivity index (χ1) is 9.63. The number of hydrogen-bond donors (Lipinski definition) is 1. The molecule has 0 spiro atoms. The highest BCUT2D eigenvalue weighted by atomic mass is 16.5. The molecule has 0 unspecified atom stereocenters. The SMILES string of the molecule is COC(=O)c1cccc2oc3cccc(O)c3c(=O)c12. The minimum Gasteiger partial charge on any atom is -0.507 e. The van der Waals surface area contributed by atoms with Gasteiger partial charge in [0.2, 0.25) is 5.43 Å². The lowest BCUT2D eigenvalue weighted by molar-refractivity contribution is 0.0603. The summed E-state index contributed by atoms with van der Waals surface area (Å²) in [7, 11) is 1.24. The maximum atomic E-state index is 12.5. The number of phenols is 1. The molecule has 0 atom stereocenters. The van der Waals surface area contributed by atoms with Crippen LogP contribution in [-0.2, 0) is 4.74 Å². The third-order valence-corrected chi connectivity index (χ3v) is 3.11. The van der Waals surface area contributed by atoms with E-state index in [-0.39, 0.29) is 33.3 Å². The van der Waals surface area contributed by atoms with Crippen LogP contribution in [0.5, 0.6) is 5.75 Å². The molecule has 1 aromatic heterocycles. The number of benzene rings is 2. The molecule has 0 bridgehead atoms. The Balaban J connectivity index is 2.56. The number of aromatic hydroxyl groups is 1. The fourth-order valence-electron chi connectivity index (χ4n) is 2.21. The van der Waals surface area contributed by atoms with Gasteiger partial charge in [-0.15, -0.1) is 0 Å². The smallest absolute Gasteiger partial charge is 0.338 e. The van der Waals surface area contributed by atoms with Gasteiger partial charge in [0.25, 0.3) is 0 Å². The first-order valence-electron chi connectivity index (χ1n) is 5.89. The van der Waals surface area contributed by atoms with Gasteiger partial charge >= 0.3 is 5.97 Å². The van der Waals surface area contributed by atoms with Crippen molar-refractivity contribution in [3.8, 4) is 5.75 Å². The molecule has 0 amide bonds. The first-order valence-corrected chi connectivity index (χ1v) is 5.89. The second kappa shape index (κ2) is 4.38. The van der Waals surface area contributed by atoms with Crippen molar-refractivity contribution in [1.82, 2.24) is 0 Å². The van der Waals surface area contributed by atoms with Gasteiger partial charge in [-0.05, 0) is 24.3 Å². The van der Waals surface area contributed by atoms with E-state index >= 15 is 0 Å². The Bertz CT molecular complexity index is 892. The molecule has 100 valence electrons. The van der Waals surface area contributed by atoms with Crippen LogP contribution in [0.3, 0.4) is 0 Å². The molecule has 0 fully saturated rings. The molecule has 20 heavy (non-hydrogen) atoms. The van der Waals surface area contributed by atoms with Crippen molar-refractivity contribution in [2.75, 3.05) is 7.11 Å². The Hall–Kier alpha value is -2.82. The van der Waals surface area contributed by atoms with Gasteiger partial charge in [0.05, 0.1) is 18.1 Å². The van der Waals surface area contributed by atoms with Crippen LogP contribution >= 0.6 is 0 Å². The van der Waals surface area contributed by atoms with E-state index in [0.29, 0.717) is 0 Å². The van der Waals surface area contributed by atoms with Crippen LogP contribution < -0.4 is 5.43 Å². The van der Waals surface area contributed by atoms with E-state index in [1.54, 1.807) is 24.3 Å². The molecule has 0 saturated heterocycles. The third kappa shape index (κ3) is 1.64. The van der Waals surface area contributed by atoms with Crippen molar-refractivity contribution in [3.63, 3.8) is 0 Å². The molecule has 5 heteroatoms. The zero-order valence-electron chi connectivity index (χ0n) is 10.5. The van der Waals surface area contributed by atoms with Crippen LogP contribution in [0.4, 0.5) is 0 Å². The van der Waals surface area contributed by atoms with Crippen LogP contribution in [-0.4, -0.2) is 18.2 Å². The zero-order chi connectivity index (χ0) is 14.3. The highest BCUT2D eigenvalue weighted by Crippen LogP contribution is 2.26. The Morgan fingerprint density at radius 3 is 2.45 bits per heavy atom. The van der Waals surface area contributed by atoms with Crippen LogP contribution in [0.1, 0.15) is 10.4 Å². The van der Waals surface area contributed by atoms with Crippen molar-refractivity contribution >= 4 is 27.9 Å². The number of carbonyl (C=O) groups excluding carboxylic acids is 1. The Morgan fingerprint density at radius 1 is 1.10 bits per heavy atom. The average Bonchev–Trinajstić information content (AvgIpc) is 2.45. The lowest BCUT2D eigenvalue weighted by Crippen LogP contribution is -2.10. The van der Waals surface area contributed by atoms with E-state index in [4.69, 9.17) is 4.42 Å². The summed E-state index contributed by atoms with van der Waals surface area (Å²) in [5.74, 6) is -0.810. The summed E-state index contributed by atoms with van der Waals surface area (Å²) >= 11 is 0. The molecule has 0 radical (unpaired) electrons. The molecule has 3 aromatic rings. The molecule has 2 aromatic carbocycles. The molecule has 0 aliphatic rings. The van der Waals surface area contributed by atoms with Gasteiger partial charge in [-0.1, -0.05) is 12.1 Å². The van der Waals surface area contributed by atoms with Crippen molar-refractivity contribution in [2.45, 2.75) is 0 Å². The fraction of sp³-hybridized carbons (Fsp3) is 0.0667.